The zero-order valence-electron chi connectivity index (χ0n) is 30.1. The topological polar surface area (TPSA) is 65.0 Å². The largest absolute Gasteiger partial charge is 0.456 e. The molecule has 3 aromatic heterocycles. The average molecular weight is 718 g/mol. The van der Waals surface area contributed by atoms with E-state index in [1.54, 1.807) is 0 Å². The predicted molar refractivity (Wildman–Crippen MR) is 227 cm³/mol. The number of rotatable bonds is 6. The third-order valence-electron chi connectivity index (χ3n) is 10.6. The number of fused-ring (bicyclic) bond motifs is 6. The molecule has 0 radical (unpaired) electrons. The van der Waals surface area contributed by atoms with Gasteiger partial charge in [0.2, 0.25) is 0 Å². The van der Waals surface area contributed by atoms with Crippen molar-refractivity contribution in [2.24, 2.45) is 0 Å². The van der Waals surface area contributed by atoms with E-state index in [1.807, 2.05) is 60.7 Å². The van der Waals surface area contributed by atoms with Gasteiger partial charge < -0.3 is 8.83 Å². The van der Waals surface area contributed by atoms with Crippen molar-refractivity contribution in [3.63, 3.8) is 0 Å². The summed E-state index contributed by atoms with van der Waals surface area (Å²) in [6.45, 7) is 0. The summed E-state index contributed by atoms with van der Waals surface area (Å²) in [4.78, 5) is 15.1. The van der Waals surface area contributed by atoms with Gasteiger partial charge in [0.1, 0.15) is 22.3 Å². The van der Waals surface area contributed by atoms with E-state index in [9.17, 15) is 0 Å². The summed E-state index contributed by atoms with van der Waals surface area (Å²) in [7, 11) is 0. The van der Waals surface area contributed by atoms with Crippen molar-refractivity contribution >= 4 is 43.9 Å². The number of hydrogen-bond donors (Lipinski definition) is 0. The van der Waals surface area contributed by atoms with Crippen LogP contribution in [0.4, 0.5) is 0 Å². The fraction of sp³-hybridized carbons (Fsp3) is 0. The minimum Gasteiger partial charge on any atom is -0.456 e. The molecular weight excluding hydrogens is 687 g/mol. The Hall–Kier alpha value is -7.63. The van der Waals surface area contributed by atoms with Crippen molar-refractivity contribution < 1.29 is 8.83 Å². The predicted octanol–water partition coefficient (Wildman–Crippen LogP) is 13.7. The van der Waals surface area contributed by atoms with E-state index in [0.29, 0.717) is 17.5 Å². The fourth-order valence-electron chi connectivity index (χ4n) is 7.96. The van der Waals surface area contributed by atoms with Crippen molar-refractivity contribution in [2.75, 3.05) is 0 Å². The fourth-order valence-corrected chi connectivity index (χ4v) is 7.96. The molecule has 5 nitrogen and oxygen atoms in total. The van der Waals surface area contributed by atoms with Gasteiger partial charge in [-0.1, -0.05) is 152 Å². The highest BCUT2D eigenvalue weighted by Gasteiger charge is 2.20. The molecule has 0 atom stereocenters. The van der Waals surface area contributed by atoms with Crippen molar-refractivity contribution in [1.82, 2.24) is 15.0 Å². The molecule has 0 unspecified atom stereocenters. The number of aromatic nitrogens is 3. The molecule has 11 rings (SSSR count). The molecular formula is C51H31N3O2. The first kappa shape index (κ1) is 31.9. The lowest BCUT2D eigenvalue weighted by Crippen LogP contribution is -2.00. The van der Waals surface area contributed by atoms with Crippen LogP contribution in [0.1, 0.15) is 0 Å². The Morgan fingerprint density at radius 1 is 0.268 bits per heavy atom. The number of para-hydroxylation sites is 1. The minimum atomic E-state index is 0.576. The molecule has 0 N–H and O–H groups in total. The Morgan fingerprint density at radius 3 is 1.39 bits per heavy atom. The lowest BCUT2D eigenvalue weighted by Gasteiger charge is -2.12. The van der Waals surface area contributed by atoms with Crippen LogP contribution in [0.25, 0.3) is 111 Å². The number of hydrogen-bond acceptors (Lipinski definition) is 5. The van der Waals surface area contributed by atoms with Crippen LogP contribution in [-0.4, -0.2) is 15.0 Å². The van der Waals surface area contributed by atoms with Crippen LogP contribution in [0, 0.1) is 0 Å². The van der Waals surface area contributed by atoms with Crippen LogP contribution in [-0.2, 0) is 0 Å². The summed E-state index contributed by atoms with van der Waals surface area (Å²) in [5.41, 5.74) is 12.7. The van der Waals surface area contributed by atoms with E-state index in [0.717, 1.165) is 93.9 Å². The van der Waals surface area contributed by atoms with E-state index in [1.165, 1.54) is 0 Å². The normalized spacial score (nSPS) is 11.6. The Morgan fingerprint density at radius 2 is 0.714 bits per heavy atom. The molecule has 8 aromatic carbocycles. The summed E-state index contributed by atoms with van der Waals surface area (Å²) in [6, 6.07) is 64.5. The van der Waals surface area contributed by atoms with Crippen LogP contribution in [0.5, 0.6) is 0 Å². The number of benzene rings is 8. The molecule has 3 heterocycles. The lowest BCUT2D eigenvalue weighted by atomic mass is 9.90. The van der Waals surface area contributed by atoms with Crippen LogP contribution in [0.2, 0.25) is 0 Å². The standard InChI is InChI=1S/C51H31N3O2/c1-3-14-32(15-4-1)34-18-11-19-35(30-34)50-52-49(33-16-5-2-6-17-33)53-51(54-50)36-28-29-42-46(31-36)56-45-27-13-24-40(48(42)45)38-21-8-7-20-37(38)39-23-12-26-44-47(39)41-22-9-10-25-43(41)55-44/h1-31H. The molecule has 0 fully saturated rings. The maximum Gasteiger partial charge on any atom is 0.164 e. The smallest absolute Gasteiger partial charge is 0.164 e. The molecule has 262 valence electrons. The first-order valence-corrected chi connectivity index (χ1v) is 18.7. The Bertz CT molecular complexity index is 3250. The maximum absolute atomic E-state index is 6.65. The summed E-state index contributed by atoms with van der Waals surface area (Å²) in [5.74, 6) is 1.79. The van der Waals surface area contributed by atoms with Gasteiger partial charge in [-0.15, -0.1) is 0 Å². The van der Waals surface area contributed by atoms with Crippen molar-refractivity contribution in [1.29, 1.82) is 0 Å². The van der Waals surface area contributed by atoms with Crippen molar-refractivity contribution in [3.8, 4) is 67.5 Å². The van der Waals surface area contributed by atoms with E-state index in [2.05, 4.69) is 127 Å². The minimum absolute atomic E-state index is 0.576. The van der Waals surface area contributed by atoms with Crippen LogP contribution < -0.4 is 0 Å². The molecule has 0 aliphatic rings. The van der Waals surface area contributed by atoms with Crippen molar-refractivity contribution in [3.05, 3.63) is 188 Å². The highest BCUT2D eigenvalue weighted by molar-refractivity contribution is 6.17. The van der Waals surface area contributed by atoms with E-state index < -0.39 is 0 Å². The van der Waals surface area contributed by atoms with Gasteiger partial charge in [-0.3, -0.25) is 0 Å². The Balaban J connectivity index is 1.06. The van der Waals surface area contributed by atoms with Gasteiger partial charge in [0.25, 0.3) is 0 Å². The van der Waals surface area contributed by atoms with Crippen LogP contribution in [0.3, 0.4) is 0 Å². The summed E-state index contributed by atoms with van der Waals surface area (Å²) in [6.07, 6.45) is 0. The Labute approximate surface area is 322 Å². The van der Waals surface area contributed by atoms with Gasteiger partial charge >= 0.3 is 0 Å². The summed E-state index contributed by atoms with van der Waals surface area (Å²) < 4.78 is 12.9. The van der Waals surface area contributed by atoms with Gasteiger partial charge in [-0.05, 0) is 69.8 Å². The molecule has 0 bridgehead atoms. The molecule has 5 heteroatoms. The SMILES string of the molecule is c1ccc(-c2cccc(-c3nc(-c4ccccc4)nc(-c4ccc5c(c4)oc4cccc(-c6ccccc6-c6cccc7oc8ccccc8c67)c45)n3)c2)cc1. The van der Waals surface area contributed by atoms with Gasteiger partial charge in [-0.2, -0.15) is 0 Å². The zero-order chi connectivity index (χ0) is 37.0. The second-order valence-electron chi connectivity index (χ2n) is 13.9. The molecule has 0 saturated carbocycles. The average Bonchev–Trinajstić information content (AvgIpc) is 3.85. The lowest BCUT2D eigenvalue weighted by molar-refractivity contribution is 0.668. The highest BCUT2D eigenvalue weighted by atomic mass is 16.3. The van der Waals surface area contributed by atoms with E-state index in [-0.39, 0.29) is 0 Å². The monoisotopic (exact) mass is 717 g/mol. The zero-order valence-corrected chi connectivity index (χ0v) is 30.1. The first-order chi connectivity index (χ1) is 27.7. The molecule has 0 amide bonds. The van der Waals surface area contributed by atoms with Gasteiger partial charge in [0.15, 0.2) is 17.5 Å². The third kappa shape index (κ3) is 5.37. The van der Waals surface area contributed by atoms with Gasteiger partial charge in [-0.25, -0.2) is 15.0 Å². The molecule has 0 aliphatic heterocycles. The Kier molecular flexibility index (Phi) is 7.42. The molecule has 0 saturated heterocycles. The number of nitrogens with zero attached hydrogens (tertiary/aromatic N) is 3. The number of furan rings is 2. The summed E-state index contributed by atoms with van der Waals surface area (Å²) >= 11 is 0. The summed E-state index contributed by atoms with van der Waals surface area (Å²) in [5, 5.41) is 4.30. The van der Waals surface area contributed by atoms with E-state index >= 15 is 0 Å². The third-order valence-corrected chi connectivity index (χ3v) is 10.6. The van der Waals surface area contributed by atoms with Gasteiger partial charge in [0.05, 0.1) is 0 Å². The molecule has 56 heavy (non-hydrogen) atoms. The second kappa shape index (κ2) is 13.0. The highest BCUT2D eigenvalue weighted by Crippen LogP contribution is 2.44. The van der Waals surface area contributed by atoms with Crippen molar-refractivity contribution in [2.45, 2.75) is 0 Å². The van der Waals surface area contributed by atoms with Gasteiger partial charge in [0, 0.05) is 38.2 Å². The van der Waals surface area contributed by atoms with Crippen LogP contribution in [0.15, 0.2) is 197 Å². The molecule has 11 aromatic rings. The van der Waals surface area contributed by atoms with Crippen LogP contribution >= 0.6 is 0 Å². The quantitative estimate of drug-likeness (QED) is 0.171. The first-order valence-electron chi connectivity index (χ1n) is 18.7. The second-order valence-corrected chi connectivity index (χ2v) is 13.9. The maximum atomic E-state index is 6.65. The van der Waals surface area contributed by atoms with E-state index in [4.69, 9.17) is 23.8 Å². The molecule has 0 spiro atoms. The molecule has 0 aliphatic carbocycles.